The normalized spacial score (nSPS) is 15.1. The Balaban J connectivity index is 1.54. The largest absolute Gasteiger partial charge is 0.497 e. The van der Waals surface area contributed by atoms with Gasteiger partial charge >= 0.3 is 0 Å². The number of methoxy groups -OCH3 is 1. The Morgan fingerprint density at radius 3 is 2.45 bits per heavy atom. The Kier molecular flexibility index (Phi) is 7.69. The zero-order valence-electron chi connectivity index (χ0n) is 16.3. The molecular formula is C21H18F2N2O4S2. The number of benzene rings is 2. The number of alkyl halides is 2. The van der Waals surface area contributed by atoms with Crippen LogP contribution in [-0.2, 0) is 4.79 Å². The van der Waals surface area contributed by atoms with Gasteiger partial charge < -0.3 is 10.1 Å². The molecule has 0 atom stereocenters. The topological polar surface area (TPSA) is 75.7 Å². The molecule has 10 heteroatoms. The standard InChI is InChI=1S/C21H18F2N2O4S2/c1-29-15-6-2-13(3-7-15)12-17-19(27)25(21(28)31-17)11-10-24-18(26)14-4-8-16(9-5-14)30-20(22)23/h2-9,12,20H,10-11H2,1H3,(H,24,26). The fraction of sp³-hybridized carbons (Fsp3) is 0.190. The van der Waals surface area contributed by atoms with Crippen molar-refractivity contribution in [3.8, 4) is 5.75 Å². The van der Waals surface area contributed by atoms with Gasteiger partial charge in [0.05, 0.1) is 12.0 Å². The Bertz CT molecular complexity index is 995. The van der Waals surface area contributed by atoms with Crippen molar-refractivity contribution in [3.63, 3.8) is 0 Å². The summed E-state index contributed by atoms with van der Waals surface area (Å²) in [5, 5.41) is 2.21. The summed E-state index contributed by atoms with van der Waals surface area (Å²) in [5.41, 5.74) is 1.06. The number of halogens is 2. The molecule has 162 valence electrons. The lowest BCUT2D eigenvalue weighted by Gasteiger charge is -2.13. The molecule has 1 heterocycles. The maximum atomic E-state index is 12.5. The summed E-state index contributed by atoms with van der Waals surface area (Å²) in [7, 11) is 1.56. The monoisotopic (exact) mass is 464 g/mol. The third-order valence-electron chi connectivity index (χ3n) is 4.25. The number of imide groups is 1. The number of hydrogen-bond donors (Lipinski definition) is 1. The van der Waals surface area contributed by atoms with Gasteiger partial charge in [-0.3, -0.25) is 19.3 Å². The van der Waals surface area contributed by atoms with E-state index in [1.165, 1.54) is 24.3 Å². The van der Waals surface area contributed by atoms with E-state index in [0.717, 1.165) is 22.2 Å². The van der Waals surface area contributed by atoms with Gasteiger partial charge in [-0.25, -0.2) is 0 Å². The quantitative estimate of drug-likeness (QED) is 0.459. The van der Waals surface area contributed by atoms with E-state index in [0.29, 0.717) is 32.9 Å². The lowest BCUT2D eigenvalue weighted by atomic mass is 10.2. The number of hydrogen-bond acceptors (Lipinski definition) is 6. The molecule has 31 heavy (non-hydrogen) atoms. The van der Waals surface area contributed by atoms with Crippen molar-refractivity contribution in [3.05, 3.63) is 64.6 Å². The van der Waals surface area contributed by atoms with Gasteiger partial charge in [0.1, 0.15) is 5.75 Å². The van der Waals surface area contributed by atoms with Crippen LogP contribution in [0, 0.1) is 0 Å². The lowest BCUT2D eigenvalue weighted by molar-refractivity contribution is -0.122. The molecule has 1 aliphatic heterocycles. The highest BCUT2D eigenvalue weighted by molar-refractivity contribution is 8.18. The van der Waals surface area contributed by atoms with Crippen molar-refractivity contribution in [2.45, 2.75) is 10.7 Å². The Morgan fingerprint density at radius 1 is 1.16 bits per heavy atom. The second-order valence-corrected chi connectivity index (χ2v) is 8.32. The van der Waals surface area contributed by atoms with E-state index in [-0.39, 0.29) is 13.1 Å². The van der Waals surface area contributed by atoms with Crippen LogP contribution in [0.2, 0.25) is 0 Å². The summed E-state index contributed by atoms with van der Waals surface area (Å²) in [5.74, 6) is -2.69. The van der Waals surface area contributed by atoms with Crippen LogP contribution < -0.4 is 10.1 Å². The number of nitrogens with zero attached hydrogens (tertiary/aromatic N) is 1. The fourth-order valence-corrected chi connectivity index (χ4v) is 4.08. The first-order valence-electron chi connectivity index (χ1n) is 9.10. The van der Waals surface area contributed by atoms with Gasteiger partial charge in [0.15, 0.2) is 0 Å². The van der Waals surface area contributed by atoms with E-state index in [1.54, 1.807) is 37.5 Å². The first-order valence-corrected chi connectivity index (χ1v) is 10.8. The molecule has 1 saturated heterocycles. The molecule has 6 nitrogen and oxygen atoms in total. The van der Waals surface area contributed by atoms with Gasteiger partial charge in [0.2, 0.25) is 0 Å². The fourth-order valence-electron chi connectivity index (χ4n) is 2.72. The van der Waals surface area contributed by atoms with Gasteiger partial charge in [-0.1, -0.05) is 23.9 Å². The number of ether oxygens (including phenoxy) is 1. The molecular weight excluding hydrogens is 446 g/mol. The summed E-state index contributed by atoms with van der Waals surface area (Å²) in [4.78, 5) is 38.6. The second-order valence-electron chi connectivity index (χ2n) is 6.27. The second kappa shape index (κ2) is 10.5. The molecule has 0 unspecified atom stereocenters. The van der Waals surface area contributed by atoms with Crippen LogP contribution >= 0.6 is 23.5 Å². The Hall–Kier alpha value is -2.85. The van der Waals surface area contributed by atoms with E-state index in [1.807, 2.05) is 0 Å². The number of amides is 3. The first kappa shape index (κ1) is 22.8. The average molecular weight is 465 g/mol. The number of thioether (sulfide) groups is 2. The van der Waals surface area contributed by atoms with Crippen LogP contribution in [0.3, 0.4) is 0 Å². The molecule has 3 amide bonds. The third-order valence-corrected chi connectivity index (χ3v) is 5.88. The number of nitrogens with one attached hydrogen (secondary N) is 1. The lowest BCUT2D eigenvalue weighted by Crippen LogP contribution is -2.37. The third kappa shape index (κ3) is 6.08. The Labute approximate surface area is 186 Å². The number of carbonyl (C=O) groups excluding carboxylic acids is 3. The molecule has 3 rings (SSSR count). The molecule has 2 aromatic rings. The molecule has 0 aliphatic carbocycles. The molecule has 0 radical (unpaired) electrons. The van der Waals surface area contributed by atoms with Gasteiger partial charge in [0, 0.05) is 23.5 Å². The molecule has 0 spiro atoms. The van der Waals surface area contributed by atoms with Crippen LogP contribution in [0.1, 0.15) is 15.9 Å². The van der Waals surface area contributed by atoms with Crippen LogP contribution in [0.4, 0.5) is 13.6 Å². The summed E-state index contributed by atoms with van der Waals surface area (Å²) in [6.45, 7) is 0.0932. The maximum absolute atomic E-state index is 12.5. The minimum Gasteiger partial charge on any atom is -0.497 e. The van der Waals surface area contributed by atoms with Gasteiger partial charge in [-0.15, -0.1) is 0 Å². The molecule has 1 fully saturated rings. The molecule has 0 saturated carbocycles. The number of carbonyl (C=O) groups is 3. The van der Waals surface area contributed by atoms with Gasteiger partial charge in [-0.05, 0) is 59.8 Å². The number of rotatable bonds is 8. The van der Waals surface area contributed by atoms with E-state index < -0.39 is 22.8 Å². The molecule has 1 aliphatic rings. The van der Waals surface area contributed by atoms with E-state index in [2.05, 4.69) is 5.32 Å². The van der Waals surface area contributed by atoms with Crippen molar-refractivity contribution in [1.82, 2.24) is 10.2 Å². The summed E-state index contributed by atoms with van der Waals surface area (Å²) < 4.78 is 29.8. The van der Waals surface area contributed by atoms with Crippen LogP contribution in [0.25, 0.3) is 6.08 Å². The smallest absolute Gasteiger partial charge is 0.293 e. The van der Waals surface area contributed by atoms with Crippen molar-refractivity contribution in [2.75, 3.05) is 20.2 Å². The maximum Gasteiger partial charge on any atom is 0.293 e. The van der Waals surface area contributed by atoms with Gasteiger partial charge in [-0.2, -0.15) is 8.78 Å². The van der Waals surface area contributed by atoms with Crippen molar-refractivity contribution < 1.29 is 27.9 Å². The molecule has 0 bridgehead atoms. The zero-order chi connectivity index (χ0) is 22.4. The highest BCUT2D eigenvalue weighted by Crippen LogP contribution is 2.32. The summed E-state index contributed by atoms with van der Waals surface area (Å²) in [6.07, 6.45) is 1.63. The predicted octanol–water partition coefficient (Wildman–Crippen LogP) is 4.48. The van der Waals surface area contributed by atoms with E-state index in [9.17, 15) is 23.2 Å². The Morgan fingerprint density at radius 2 is 1.84 bits per heavy atom. The van der Waals surface area contributed by atoms with Crippen molar-refractivity contribution >= 4 is 46.7 Å². The van der Waals surface area contributed by atoms with Crippen molar-refractivity contribution in [2.24, 2.45) is 0 Å². The van der Waals surface area contributed by atoms with Crippen LogP contribution in [-0.4, -0.2) is 47.9 Å². The minimum absolute atomic E-state index is 0.0235. The van der Waals surface area contributed by atoms with Crippen LogP contribution in [0.5, 0.6) is 5.75 Å². The van der Waals surface area contributed by atoms with Crippen molar-refractivity contribution in [1.29, 1.82) is 0 Å². The minimum atomic E-state index is -2.53. The average Bonchev–Trinajstić information content (AvgIpc) is 3.01. The zero-order valence-corrected chi connectivity index (χ0v) is 18.0. The van der Waals surface area contributed by atoms with Gasteiger partial charge in [0.25, 0.3) is 22.8 Å². The molecule has 0 aromatic heterocycles. The highest BCUT2D eigenvalue weighted by atomic mass is 32.2. The summed E-state index contributed by atoms with van der Waals surface area (Å²) in [6, 6.07) is 12.8. The SMILES string of the molecule is COc1ccc(C=C2SC(=O)N(CCNC(=O)c3ccc(SC(F)F)cc3)C2=O)cc1. The molecule has 2 aromatic carbocycles. The summed E-state index contributed by atoms with van der Waals surface area (Å²) >= 11 is 1.24. The highest BCUT2D eigenvalue weighted by Gasteiger charge is 2.34. The van der Waals surface area contributed by atoms with E-state index in [4.69, 9.17) is 4.74 Å². The molecule has 1 N–H and O–H groups in total. The van der Waals surface area contributed by atoms with Crippen LogP contribution in [0.15, 0.2) is 58.3 Å². The predicted molar refractivity (Wildman–Crippen MR) is 116 cm³/mol. The van der Waals surface area contributed by atoms with E-state index >= 15 is 0 Å². The first-order chi connectivity index (χ1) is 14.9.